The predicted molar refractivity (Wildman–Crippen MR) is 99.9 cm³/mol. The molecule has 3 N–H and O–H groups in total. The zero-order valence-corrected chi connectivity index (χ0v) is 15.2. The summed E-state index contributed by atoms with van der Waals surface area (Å²) < 4.78 is 32.8. The molecule has 0 radical (unpaired) electrons. The summed E-state index contributed by atoms with van der Waals surface area (Å²) in [4.78, 5) is 12.4. The van der Waals surface area contributed by atoms with Gasteiger partial charge in [-0.25, -0.2) is 8.42 Å². The maximum absolute atomic E-state index is 12.6. The van der Waals surface area contributed by atoms with Gasteiger partial charge in [0.25, 0.3) is 10.0 Å². The molecule has 7 nitrogen and oxygen atoms in total. The first-order valence-corrected chi connectivity index (χ1v) is 9.78. The number of ether oxygens (including phenoxy) is 1. The largest absolute Gasteiger partial charge is 0.497 e. The Hall–Kier alpha value is -2.58. The Morgan fingerprint density at radius 3 is 2.42 bits per heavy atom. The van der Waals surface area contributed by atoms with Gasteiger partial charge in [-0.1, -0.05) is 12.1 Å². The Bertz CT molecular complexity index is 876. The van der Waals surface area contributed by atoms with Crippen LogP contribution in [-0.4, -0.2) is 34.0 Å². The third-order valence-electron chi connectivity index (χ3n) is 4.18. The second-order valence-corrected chi connectivity index (χ2v) is 7.65. The van der Waals surface area contributed by atoms with Crippen LogP contribution in [0.4, 0.5) is 11.4 Å². The lowest BCUT2D eigenvalue weighted by molar-refractivity contribution is -0.117. The quantitative estimate of drug-likeness (QED) is 0.719. The van der Waals surface area contributed by atoms with E-state index in [1.807, 2.05) is 0 Å². The standard InChI is InChI=1S/C18H21N3O4S/c1-25-13-8-10-14(11-9-13)26(23,24)21-16-6-3-2-5-15(16)20-18(22)17-7-4-12-19-17/h2-3,5-6,8-11,17,19,21H,4,7,12H2,1H3,(H,20,22). The van der Waals surface area contributed by atoms with Crippen LogP contribution in [0, 0.1) is 0 Å². The van der Waals surface area contributed by atoms with Crippen LogP contribution in [0.1, 0.15) is 12.8 Å². The normalized spacial score (nSPS) is 16.9. The summed E-state index contributed by atoms with van der Waals surface area (Å²) in [5.41, 5.74) is 0.734. The molecule has 1 unspecified atom stereocenters. The van der Waals surface area contributed by atoms with Crippen LogP contribution >= 0.6 is 0 Å². The minimum Gasteiger partial charge on any atom is -0.497 e. The van der Waals surface area contributed by atoms with E-state index in [1.54, 1.807) is 36.4 Å². The number of hydrogen-bond acceptors (Lipinski definition) is 5. The number of rotatable bonds is 6. The molecule has 1 heterocycles. The zero-order valence-electron chi connectivity index (χ0n) is 14.4. The summed E-state index contributed by atoms with van der Waals surface area (Å²) in [6.07, 6.45) is 1.72. The van der Waals surface area contributed by atoms with Crippen LogP contribution < -0.4 is 20.1 Å². The van der Waals surface area contributed by atoms with E-state index in [4.69, 9.17) is 4.74 Å². The number of carbonyl (C=O) groups is 1. The van der Waals surface area contributed by atoms with Crippen molar-refractivity contribution in [3.8, 4) is 5.75 Å². The van der Waals surface area contributed by atoms with E-state index in [0.29, 0.717) is 17.1 Å². The summed E-state index contributed by atoms with van der Waals surface area (Å²) >= 11 is 0. The average Bonchev–Trinajstić information content (AvgIpc) is 3.18. The molecule has 1 fully saturated rings. The summed E-state index contributed by atoms with van der Waals surface area (Å²) in [5.74, 6) is 0.402. The molecule has 1 amide bonds. The Morgan fingerprint density at radius 1 is 1.12 bits per heavy atom. The Balaban J connectivity index is 1.79. The molecular formula is C18H21N3O4S. The molecule has 0 aromatic heterocycles. The summed E-state index contributed by atoms with van der Waals surface area (Å²) in [6, 6.07) is 12.6. The smallest absolute Gasteiger partial charge is 0.261 e. The minimum absolute atomic E-state index is 0.108. The van der Waals surface area contributed by atoms with Gasteiger partial charge in [-0.2, -0.15) is 0 Å². The zero-order chi connectivity index (χ0) is 18.6. The number of nitrogens with one attached hydrogen (secondary N) is 3. The summed E-state index contributed by atoms with van der Waals surface area (Å²) in [7, 11) is -2.27. The first-order valence-electron chi connectivity index (χ1n) is 8.30. The first kappa shape index (κ1) is 18.2. The molecule has 1 aliphatic heterocycles. The fourth-order valence-corrected chi connectivity index (χ4v) is 3.85. The number of para-hydroxylation sites is 2. The monoisotopic (exact) mass is 375 g/mol. The van der Waals surface area contributed by atoms with Crippen LogP contribution in [0.15, 0.2) is 53.4 Å². The number of methoxy groups -OCH3 is 1. The van der Waals surface area contributed by atoms with Gasteiger partial charge in [0.2, 0.25) is 5.91 Å². The molecule has 0 bridgehead atoms. The van der Waals surface area contributed by atoms with Crippen molar-refractivity contribution in [3.63, 3.8) is 0 Å². The van der Waals surface area contributed by atoms with E-state index in [-0.39, 0.29) is 16.8 Å². The fourth-order valence-electron chi connectivity index (χ4n) is 2.77. The Morgan fingerprint density at radius 2 is 1.81 bits per heavy atom. The minimum atomic E-state index is -3.79. The van der Waals surface area contributed by atoms with Gasteiger partial charge in [-0.3, -0.25) is 9.52 Å². The van der Waals surface area contributed by atoms with E-state index < -0.39 is 10.0 Å². The average molecular weight is 375 g/mol. The van der Waals surface area contributed by atoms with Crippen molar-refractivity contribution in [2.75, 3.05) is 23.7 Å². The lowest BCUT2D eigenvalue weighted by atomic mass is 10.2. The maximum atomic E-state index is 12.6. The highest BCUT2D eigenvalue weighted by Crippen LogP contribution is 2.25. The van der Waals surface area contributed by atoms with E-state index in [0.717, 1.165) is 19.4 Å². The molecular weight excluding hydrogens is 354 g/mol. The Labute approximate surface area is 152 Å². The number of sulfonamides is 1. The second-order valence-electron chi connectivity index (χ2n) is 5.96. The number of hydrogen-bond donors (Lipinski definition) is 3. The Kier molecular flexibility index (Phi) is 5.43. The lowest BCUT2D eigenvalue weighted by Crippen LogP contribution is -2.35. The van der Waals surface area contributed by atoms with Crippen LogP contribution in [0.2, 0.25) is 0 Å². The molecule has 2 aromatic rings. The molecule has 3 rings (SSSR count). The molecule has 0 saturated carbocycles. The van der Waals surface area contributed by atoms with E-state index >= 15 is 0 Å². The van der Waals surface area contributed by atoms with Crippen LogP contribution in [0.3, 0.4) is 0 Å². The van der Waals surface area contributed by atoms with Gasteiger partial charge < -0.3 is 15.4 Å². The van der Waals surface area contributed by atoms with Crippen molar-refractivity contribution < 1.29 is 17.9 Å². The molecule has 0 spiro atoms. The van der Waals surface area contributed by atoms with Crippen molar-refractivity contribution in [1.29, 1.82) is 0 Å². The molecule has 2 aromatic carbocycles. The number of carbonyl (C=O) groups excluding carboxylic acids is 1. The van der Waals surface area contributed by atoms with Crippen molar-refractivity contribution >= 4 is 27.3 Å². The van der Waals surface area contributed by atoms with Gasteiger partial charge >= 0.3 is 0 Å². The number of anilines is 2. The van der Waals surface area contributed by atoms with Crippen LogP contribution in [0.25, 0.3) is 0 Å². The van der Waals surface area contributed by atoms with Gasteiger partial charge in [0.15, 0.2) is 0 Å². The SMILES string of the molecule is COc1ccc(S(=O)(=O)Nc2ccccc2NC(=O)C2CCCN2)cc1. The van der Waals surface area contributed by atoms with Crippen molar-refractivity contribution in [2.24, 2.45) is 0 Å². The topological polar surface area (TPSA) is 96.5 Å². The predicted octanol–water partition coefficient (Wildman–Crippen LogP) is 2.19. The first-order chi connectivity index (χ1) is 12.5. The molecule has 0 aliphatic carbocycles. The van der Waals surface area contributed by atoms with Crippen LogP contribution in [0.5, 0.6) is 5.75 Å². The molecule has 138 valence electrons. The molecule has 26 heavy (non-hydrogen) atoms. The molecule has 1 atom stereocenters. The van der Waals surface area contributed by atoms with Gasteiger partial charge in [-0.15, -0.1) is 0 Å². The summed E-state index contributed by atoms with van der Waals surface area (Å²) in [5, 5.41) is 5.91. The van der Waals surface area contributed by atoms with Crippen molar-refractivity contribution in [1.82, 2.24) is 5.32 Å². The number of benzene rings is 2. The van der Waals surface area contributed by atoms with E-state index in [9.17, 15) is 13.2 Å². The third kappa shape index (κ3) is 4.14. The maximum Gasteiger partial charge on any atom is 0.261 e. The third-order valence-corrected chi connectivity index (χ3v) is 5.56. The van der Waals surface area contributed by atoms with E-state index in [2.05, 4.69) is 15.4 Å². The van der Waals surface area contributed by atoms with E-state index in [1.165, 1.54) is 19.2 Å². The molecule has 1 saturated heterocycles. The molecule has 1 aliphatic rings. The second kappa shape index (κ2) is 7.76. The summed E-state index contributed by atoms with van der Waals surface area (Å²) in [6.45, 7) is 0.809. The molecule has 8 heteroatoms. The van der Waals surface area contributed by atoms with Crippen molar-refractivity contribution in [2.45, 2.75) is 23.8 Å². The highest BCUT2D eigenvalue weighted by molar-refractivity contribution is 7.92. The lowest BCUT2D eigenvalue weighted by Gasteiger charge is -2.16. The van der Waals surface area contributed by atoms with Crippen LogP contribution in [-0.2, 0) is 14.8 Å². The fraction of sp³-hybridized carbons (Fsp3) is 0.278. The van der Waals surface area contributed by atoms with Gasteiger partial charge in [0.05, 0.1) is 29.4 Å². The van der Waals surface area contributed by atoms with Gasteiger partial charge in [0.1, 0.15) is 5.75 Å². The number of amides is 1. The highest BCUT2D eigenvalue weighted by Gasteiger charge is 2.23. The van der Waals surface area contributed by atoms with Gasteiger partial charge in [0, 0.05) is 0 Å². The van der Waals surface area contributed by atoms with Gasteiger partial charge in [-0.05, 0) is 55.8 Å². The highest BCUT2D eigenvalue weighted by atomic mass is 32.2. The van der Waals surface area contributed by atoms with Crippen molar-refractivity contribution in [3.05, 3.63) is 48.5 Å².